The van der Waals surface area contributed by atoms with Crippen LogP contribution < -0.4 is 15.5 Å². The quantitative estimate of drug-likeness (QED) is 0.672. The summed E-state index contributed by atoms with van der Waals surface area (Å²) in [6.45, 7) is 2.12. The molecule has 148 valence electrons. The highest BCUT2D eigenvalue weighted by molar-refractivity contribution is 6.02. The van der Waals surface area contributed by atoms with Gasteiger partial charge in [-0.3, -0.25) is 4.79 Å². The number of amides is 1. The van der Waals surface area contributed by atoms with Gasteiger partial charge in [0.15, 0.2) is 11.6 Å². The first-order chi connectivity index (χ1) is 14.1. The van der Waals surface area contributed by atoms with Crippen LogP contribution in [0.3, 0.4) is 0 Å². The fourth-order valence-electron chi connectivity index (χ4n) is 3.16. The molecule has 4 rings (SSSR count). The third kappa shape index (κ3) is 4.48. The van der Waals surface area contributed by atoms with Crippen LogP contribution >= 0.6 is 0 Å². The van der Waals surface area contributed by atoms with Crippen molar-refractivity contribution < 1.29 is 13.6 Å². The average molecular weight is 395 g/mol. The Kier molecular flexibility index (Phi) is 5.33. The van der Waals surface area contributed by atoms with Gasteiger partial charge in [0.25, 0.3) is 5.91 Å². The van der Waals surface area contributed by atoms with Gasteiger partial charge in [-0.25, -0.2) is 18.7 Å². The first-order valence-electron chi connectivity index (χ1n) is 9.29. The highest BCUT2D eigenvalue weighted by Gasteiger charge is 2.13. The standard InChI is InChI=1S/C21H19F2N5O/c22-17-8-5-15(11-18(17)23)26-20-13-24-19(12-25-20)21(29)27-14-3-6-16(7-4-14)28-9-1-2-10-28/h3-8,11-13H,1-2,9-10H2,(H,25,26)(H,27,29). The molecule has 1 saturated heterocycles. The zero-order chi connectivity index (χ0) is 20.2. The SMILES string of the molecule is O=C(Nc1ccc(N2CCCC2)cc1)c1cnc(Nc2ccc(F)c(F)c2)cn1. The van der Waals surface area contributed by atoms with E-state index in [0.717, 1.165) is 30.9 Å². The summed E-state index contributed by atoms with van der Waals surface area (Å²) >= 11 is 0. The molecule has 3 aromatic rings. The fourth-order valence-corrected chi connectivity index (χ4v) is 3.16. The van der Waals surface area contributed by atoms with Crippen molar-refractivity contribution in [3.63, 3.8) is 0 Å². The Balaban J connectivity index is 1.38. The fraction of sp³-hybridized carbons (Fsp3) is 0.190. The molecule has 1 aromatic heterocycles. The van der Waals surface area contributed by atoms with Crippen LogP contribution in [0.1, 0.15) is 23.3 Å². The molecule has 8 heteroatoms. The molecule has 0 atom stereocenters. The molecule has 0 bridgehead atoms. The van der Waals surface area contributed by atoms with E-state index in [9.17, 15) is 13.6 Å². The molecule has 1 aliphatic rings. The second-order valence-electron chi connectivity index (χ2n) is 6.74. The second-order valence-corrected chi connectivity index (χ2v) is 6.74. The smallest absolute Gasteiger partial charge is 0.275 e. The van der Waals surface area contributed by atoms with Crippen molar-refractivity contribution in [2.24, 2.45) is 0 Å². The van der Waals surface area contributed by atoms with Crippen LogP contribution in [0.4, 0.5) is 31.7 Å². The highest BCUT2D eigenvalue weighted by atomic mass is 19.2. The maximum absolute atomic E-state index is 13.3. The van der Waals surface area contributed by atoms with Crippen molar-refractivity contribution in [1.82, 2.24) is 9.97 Å². The van der Waals surface area contributed by atoms with E-state index in [2.05, 4.69) is 25.5 Å². The van der Waals surface area contributed by atoms with Crippen LogP contribution in [-0.2, 0) is 0 Å². The molecule has 0 aliphatic carbocycles. The van der Waals surface area contributed by atoms with E-state index in [0.29, 0.717) is 17.2 Å². The molecule has 29 heavy (non-hydrogen) atoms. The van der Waals surface area contributed by atoms with Crippen LogP contribution in [0.2, 0.25) is 0 Å². The lowest BCUT2D eigenvalue weighted by Gasteiger charge is -2.17. The average Bonchev–Trinajstić information content (AvgIpc) is 3.27. The Morgan fingerprint density at radius 1 is 0.897 bits per heavy atom. The van der Waals surface area contributed by atoms with Gasteiger partial charge in [-0.15, -0.1) is 0 Å². The van der Waals surface area contributed by atoms with Crippen LogP contribution in [0.5, 0.6) is 0 Å². The van der Waals surface area contributed by atoms with Gasteiger partial charge in [0.2, 0.25) is 0 Å². The summed E-state index contributed by atoms with van der Waals surface area (Å²) in [6, 6.07) is 11.1. The largest absolute Gasteiger partial charge is 0.372 e. The number of rotatable bonds is 5. The third-order valence-electron chi connectivity index (χ3n) is 4.67. The number of hydrogen-bond donors (Lipinski definition) is 2. The van der Waals surface area contributed by atoms with E-state index in [1.54, 1.807) is 0 Å². The molecule has 0 spiro atoms. The molecular formula is C21H19F2N5O. The molecule has 2 heterocycles. The predicted molar refractivity (Wildman–Crippen MR) is 108 cm³/mol. The Morgan fingerprint density at radius 3 is 2.28 bits per heavy atom. The Bertz CT molecular complexity index is 1000. The molecule has 0 unspecified atom stereocenters. The summed E-state index contributed by atoms with van der Waals surface area (Å²) in [5, 5.41) is 5.59. The molecule has 2 N–H and O–H groups in total. The predicted octanol–water partition coefficient (Wildman–Crippen LogP) is 4.35. The monoisotopic (exact) mass is 395 g/mol. The molecule has 1 aliphatic heterocycles. The van der Waals surface area contributed by atoms with Gasteiger partial charge >= 0.3 is 0 Å². The van der Waals surface area contributed by atoms with E-state index < -0.39 is 11.6 Å². The van der Waals surface area contributed by atoms with Gasteiger partial charge in [0.05, 0.1) is 12.4 Å². The number of nitrogens with zero attached hydrogens (tertiary/aromatic N) is 3. The minimum absolute atomic E-state index is 0.143. The maximum Gasteiger partial charge on any atom is 0.275 e. The Hall–Kier alpha value is -3.55. The summed E-state index contributed by atoms with van der Waals surface area (Å²) in [5.41, 5.74) is 2.29. The number of hydrogen-bond acceptors (Lipinski definition) is 5. The molecule has 1 amide bonds. The zero-order valence-electron chi connectivity index (χ0n) is 15.5. The number of aromatic nitrogens is 2. The molecule has 0 saturated carbocycles. The van der Waals surface area contributed by atoms with Crippen molar-refractivity contribution in [1.29, 1.82) is 0 Å². The van der Waals surface area contributed by atoms with Crippen molar-refractivity contribution in [3.8, 4) is 0 Å². The van der Waals surface area contributed by atoms with E-state index in [4.69, 9.17) is 0 Å². The number of benzene rings is 2. The molecule has 6 nitrogen and oxygen atoms in total. The number of carbonyl (C=O) groups is 1. The summed E-state index contributed by atoms with van der Waals surface area (Å²) in [5.74, 6) is -1.97. The number of carbonyl (C=O) groups excluding carboxylic acids is 1. The van der Waals surface area contributed by atoms with Crippen molar-refractivity contribution >= 4 is 28.8 Å². The van der Waals surface area contributed by atoms with Crippen LogP contribution in [-0.4, -0.2) is 29.0 Å². The van der Waals surface area contributed by atoms with Gasteiger partial charge < -0.3 is 15.5 Å². The normalized spacial score (nSPS) is 13.4. The molecule has 2 aromatic carbocycles. The first kappa shape index (κ1) is 18.8. The molecular weight excluding hydrogens is 376 g/mol. The van der Waals surface area contributed by atoms with Crippen molar-refractivity contribution in [3.05, 3.63) is 72.2 Å². The lowest BCUT2D eigenvalue weighted by molar-refractivity contribution is 0.102. The van der Waals surface area contributed by atoms with Gasteiger partial charge in [-0.1, -0.05) is 0 Å². The maximum atomic E-state index is 13.3. The van der Waals surface area contributed by atoms with Gasteiger partial charge in [-0.2, -0.15) is 0 Å². The van der Waals surface area contributed by atoms with Gasteiger partial charge in [0, 0.05) is 36.2 Å². The van der Waals surface area contributed by atoms with E-state index >= 15 is 0 Å². The molecule has 0 radical (unpaired) electrons. The van der Waals surface area contributed by atoms with Crippen LogP contribution in [0, 0.1) is 11.6 Å². The second kappa shape index (κ2) is 8.22. The Morgan fingerprint density at radius 2 is 1.62 bits per heavy atom. The summed E-state index contributed by atoms with van der Waals surface area (Å²) in [4.78, 5) is 22.9. The lowest BCUT2D eigenvalue weighted by Crippen LogP contribution is -2.18. The van der Waals surface area contributed by atoms with E-state index in [1.807, 2.05) is 24.3 Å². The van der Waals surface area contributed by atoms with Gasteiger partial charge in [0.1, 0.15) is 11.5 Å². The number of nitrogens with one attached hydrogen (secondary N) is 2. The van der Waals surface area contributed by atoms with E-state index in [-0.39, 0.29) is 11.6 Å². The number of halogens is 2. The van der Waals surface area contributed by atoms with Gasteiger partial charge in [-0.05, 0) is 49.2 Å². The highest BCUT2D eigenvalue weighted by Crippen LogP contribution is 2.22. The minimum atomic E-state index is -0.963. The third-order valence-corrected chi connectivity index (χ3v) is 4.67. The van der Waals surface area contributed by atoms with Crippen LogP contribution in [0.25, 0.3) is 0 Å². The summed E-state index contributed by atoms with van der Waals surface area (Å²) < 4.78 is 26.2. The zero-order valence-corrected chi connectivity index (χ0v) is 15.5. The lowest BCUT2D eigenvalue weighted by atomic mass is 10.2. The minimum Gasteiger partial charge on any atom is -0.372 e. The molecule has 1 fully saturated rings. The van der Waals surface area contributed by atoms with Crippen molar-refractivity contribution in [2.75, 3.05) is 28.6 Å². The topological polar surface area (TPSA) is 70.2 Å². The Labute approximate surface area is 166 Å². The number of anilines is 4. The van der Waals surface area contributed by atoms with Crippen molar-refractivity contribution in [2.45, 2.75) is 12.8 Å². The summed E-state index contributed by atoms with van der Waals surface area (Å²) in [7, 11) is 0. The van der Waals surface area contributed by atoms with E-state index in [1.165, 1.54) is 31.3 Å². The summed E-state index contributed by atoms with van der Waals surface area (Å²) in [6.07, 6.45) is 5.08. The first-order valence-corrected chi connectivity index (χ1v) is 9.29. The van der Waals surface area contributed by atoms with Crippen LogP contribution in [0.15, 0.2) is 54.9 Å².